The summed E-state index contributed by atoms with van der Waals surface area (Å²) in [7, 11) is 0. The van der Waals surface area contributed by atoms with Crippen molar-refractivity contribution in [2.45, 2.75) is 31.2 Å². The smallest absolute Gasteiger partial charge is 0.262 e. The van der Waals surface area contributed by atoms with Crippen LogP contribution in [0, 0.1) is 0 Å². The van der Waals surface area contributed by atoms with Crippen LogP contribution in [0.2, 0.25) is 0 Å². The van der Waals surface area contributed by atoms with Crippen LogP contribution in [0.15, 0.2) is 46.3 Å². The molecule has 0 aliphatic carbocycles. The number of fused-ring (bicyclic) bond motifs is 1. The first-order chi connectivity index (χ1) is 11.6. The molecule has 3 rings (SSSR count). The molecule has 0 aliphatic heterocycles. The highest BCUT2D eigenvalue weighted by Gasteiger charge is 2.12. The molecule has 0 saturated carbocycles. The van der Waals surface area contributed by atoms with Gasteiger partial charge in [0.15, 0.2) is 5.78 Å². The number of Topliss-reactive ketones (excluding diaryl/α,β-unsaturated/α-hetero) is 1. The zero-order valence-electron chi connectivity index (χ0n) is 13.6. The first-order valence-electron chi connectivity index (χ1n) is 7.73. The number of carbonyl (C=O) groups excluding carboxylic acids is 1. The molecule has 0 amide bonds. The number of aromatic nitrogens is 2. The second kappa shape index (κ2) is 7.32. The summed E-state index contributed by atoms with van der Waals surface area (Å²) in [6.45, 7) is 2.11. The minimum Gasteiger partial charge on any atom is -0.297 e. The summed E-state index contributed by atoms with van der Waals surface area (Å²) in [5.41, 5.74) is 0.864. The Labute approximate surface area is 148 Å². The largest absolute Gasteiger partial charge is 0.297 e. The van der Waals surface area contributed by atoms with E-state index < -0.39 is 0 Å². The number of benzene rings is 1. The monoisotopic (exact) mass is 358 g/mol. The summed E-state index contributed by atoms with van der Waals surface area (Å²) >= 11 is 3.16. The van der Waals surface area contributed by atoms with Gasteiger partial charge in [-0.3, -0.25) is 14.2 Å². The Hall–Kier alpha value is -1.92. The lowest BCUT2D eigenvalue weighted by Crippen LogP contribution is -2.25. The molecule has 0 unspecified atom stereocenters. The highest BCUT2D eigenvalue weighted by molar-refractivity contribution is 7.98. The number of thioether (sulfide) groups is 1. The Kier molecular flexibility index (Phi) is 5.16. The van der Waals surface area contributed by atoms with Gasteiger partial charge in [-0.1, -0.05) is 25.1 Å². The van der Waals surface area contributed by atoms with Crippen LogP contribution in [0.4, 0.5) is 0 Å². The van der Waals surface area contributed by atoms with Crippen molar-refractivity contribution in [2.24, 2.45) is 0 Å². The second-order valence-corrected chi connectivity index (χ2v) is 7.45. The molecule has 0 saturated heterocycles. The first-order valence-corrected chi connectivity index (χ1v) is 9.78. The third kappa shape index (κ3) is 3.44. The van der Waals surface area contributed by atoms with E-state index in [1.165, 1.54) is 22.2 Å². The van der Waals surface area contributed by atoms with Crippen LogP contribution in [-0.2, 0) is 24.2 Å². The van der Waals surface area contributed by atoms with Gasteiger partial charge in [-0.05, 0) is 30.4 Å². The predicted molar refractivity (Wildman–Crippen MR) is 100 cm³/mol. The summed E-state index contributed by atoms with van der Waals surface area (Å²) in [6, 6.07) is 9.74. The van der Waals surface area contributed by atoms with Gasteiger partial charge >= 0.3 is 0 Å². The van der Waals surface area contributed by atoms with Crippen LogP contribution in [0.3, 0.4) is 0 Å². The van der Waals surface area contributed by atoms with Crippen LogP contribution < -0.4 is 5.56 Å². The Morgan fingerprint density at radius 3 is 2.88 bits per heavy atom. The molecule has 3 aromatic rings. The predicted octanol–water partition coefficient (Wildman–Crippen LogP) is 3.55. The van der Waals surface area contributed by atoms with E-state index >= 15 is 0 Å². The number of hydrogen-bond acceptors (Lipinski definition) is 5. The highest BCUT2D eigenvalue weighted by Crippen LogP contribution is 2.22. The molecule has 0 radical (unpaired) electrons. The van der Waals surface area contributed by atoms with Crippen molar-refractivity contribution in [3.63, 3.8) is 0 Å². The maximum Gasteiger partial charge on any atom is 0.262 e. The zero-order valence-corrected chi connectivity index (χ0v) is 15.2. The van der Waals surface area contributed by atoms with Gasteiger partial charge in [-0.2, -0.15) is 0 Å². The molecule has 0 aliphatic rings. The van der Waals surface area contributed by atoms with Gasteiger partial charge in [0, 0.05) is 16.2 Å². The SMILES string of the molecule is CCc1cc2c(=O)n(CC(=O)Cc3ccccc3SC)cnc2s1. The third-order valence-corrected chi connectivity index (χ3v) is 5.87. The van der Waals surface area contributed by atoms with Gasteiger partial charge in [0.1, 0.15) is 4.83 Å². The lowest BCUT2D eigenvalue weighted by Gasteiger charge is -2.07. The van der Waals surface area contributed by atoms with Crippen LogP contribution >= 0.6 is 23.1 Å². The minimum atomic E-state index is -0.137. The molecule has 0 bridgehead atoms. The van der Waals surface area contributed by atoms with E-state index in [4.69, 9.17) is 0 Å². The topological polar surface area (TPSA) is 52.0 Å². The minimum absolute atomic E-state index is 0.00527. The van der Waals surface area contributed by atoms with Crippen molar-refractivity contribution < 1.29 is 4.79 Å². The lowest BCUT2D eigenvalue weighted by atomic mass is 10.1. The molecule has 24 heavy (non-hydrogen) atoms. The molecular weight excluding hydrogens is 340 g/mol. The summed E-state index contributed by atoms with van der Waals surface area (Å²) in [5.74, 6) is 0.00527. The number of carbonyl (C=O) groups is 1. The summed E-state index contributed by atoms with van der Waals surface area (Å²) in [4.78, 5) is 32.2. The number of aryl methyl sites for hydroxylation is 1. The average Bonchev–Trinajstić information content (AvgIpc) is 3.02. The van der Waals surface area contributed by atoms with E-state index in [0.717, 1.165) is 26.6 Å². The maximum atomic E-state index is 12.5. The standard InChI is InChI=1S/C18H18N2O2S2/c1-3-14-9-15-17(24-14)19-11-20(18(15)22)10-13(21)8-12-6-4-5-7-16(12)23-2/h4-7,9,11H,3,8,10H2,1-2H3. The molecule has 2 heterocycles. The van der Waals surface area contributed by atoms with E-state index in [1.807, 2.05) is 36.6 Å². The van der Waals surface area contributed by atoms with E-state index in [1.54, 1.807) is 11.8 Å². The maximum absolute atomic E-state index is 12.5. The molecule has 0 N–H and O–H groups in total. The molecule has 1 aromatic carbocycles. The summed E-state index contributed by atoms with van der Waals surface area (Å²) in [5, 5.41) is 0.608. The van der Waals surface area contributed by atoms with Crippen molar-refractivity contribution in [3.8, 4) is 0 Å². The van der Waals surface area contributed by atoms with E-state index in [-0.39, 0.29) is 17.9 Å². The van der Waals surface area contributed by atoms with Crippen LogP contribution in [-0.4, -0.2) is 21.6 Å². The normalized spacial score (nSPS) is 11.1. The molecule has 2 aromatic heterocycles. The molecule has 6 heteroatoms. The van der Waals surface area contributed by atoms with Crippen LogP contribution in [0.5, 0.6) is 0 Å². The fourth-order valence-corrected chi connectivity index (χ4v) is 4.15. The molecule has 124 valence electrons. The number of ketones is 1. The number of nitrogens with zero attached hydrogens (tertiary/aromatic N) is 2. The van der Waals surface area contributed by atoms with E-state index in [0.29, 0.717) is 11.8 Å². The lowest BCUT2D eigenvalue weighted by molar-refractivity contribution is -0.119. The first kappa shape index (κ1) is 16.9. The highest BCUT2D eigenvalue weighted by atomic mass is 32.2. The molecule has 0 spiro atoms. The van der Waals surface area contributed by atoms with Crippen molar-refractivity contribution >= 4 is 39.1 Å². The van der Waals surface area contributed by atoms with Gasteiger partial charge in [-0.25, -0.2) is 4.98 Å². The van der Waals surface area contributed by atoms with Crippen molar-refractivity contribution in [2.75, 3.05) is 6.26 Å². The third-order valence-electron chi connectivity index (χ3n) is 3.84. The summed E-state index contributed by atoms with van der Waals surface area (Å²) < 4.78 is 1.42. The van der Waals surface area contributed by atoms with E-state index in [2.05, 4.69) is 11.9 Å². The number of thiophene rings is 1. The Morgan fingerprint density at radius 1 is 1.33 bits per heavy atom. The van der Waals surface area contributed by atoms with Crippen molar-refractivity contribution in [3.05, 3.63) is 57.5 Å². The number of hydrogen-bond donors (Lipinski definition) is 0. The van der Waals surface area contributed by atoms with Crippen LogP contribution in [0.1, 0.15) is 17.4 Å². The fraction of sp³-hybridized carbons (Fsp3) is 0.278. The van der Waals surface area contributed by atoms with Gasteiger partial charge in [0.05, 0.1) is 18.3 Å². The van der Waals surface area contributed by atoms with Gasteiger partial charge in [-0.15, -0.1) is 23.1 Å². The average molecular weight is 358 g/mol. The summed E-state index contributed by atoms with van der Waals surface area (Å²) in [6.07, 6.45) is 4.68. The second-order valence-electron chi connectivity index (χ2n) is 5.49. The van der Waals surface area contributed by atoms with Gasteiger partial charge in [0.25, 0.3) is 5.56 Å². The van der Waals surface area contributed by atoms with Crippen molar-refractivity contribution in [1.29, 1.82) is 0 Å². The Morgan fingerprint density at radius 2 is 2.12 bits per heavy atom. The Bertz CT molecular complexity index is 944. The quantitative estimate of drug-likeness (QED) is 0.632. The molecular formula is C18H18N2O2S2. The van der Waals surface area contributed by atoms with Gasteiger partial charge in [0.2, 0.25) is 0 Å². The Balaban J connectivity index is 1.83. The van der Waals surface area contributed by atoms with Crippen molar-refractivity contribution in [1.82, 2.24) is 9.55 Å². The molecule has 0 atom stereocenters. The number of rotatable bonds is 6. The zero-order chi connectivity index (χ0) is 17.1. The fourth-order valence-electron chi connectivity index (χ4n) is 2.60. The van der Waals surface area contributed by atoms with E-state index in [9.17, 15) is 9.59 Å². The molecule has 4 nitrogen and oxygen atoms in total. The van der Waals surface area contributed by atoms with Crippen LogP contribution in [0.25, 0.3) is 10.2 Å². The van der Waals surface area contributed by atoms with Gasteiger partial charge < -0.3 is 0 Å². The molecule has 0 fully saturated rings.